The van der Waals surface area contributed by atoms with Gasteiger partial charge in [0.05, 0.1) is 22.4 Å². The second kappa shape index (κ2) is 7.86. The average molecular weight is 450 g/mol. The van der Waals surface area contributed by atoms with Gasteiger partial charge in [0, 0.05) is 18.8 Å². The van der Waals surface area contributed by atoms with Crippen LogP contribution in [0.2, 0.25) is 0 Å². The Morgan fingerprint density at radius 2 is 2.12 bits per heavy atom. The molecule has 166 valence electrons. The number of rotatable bonds is 3. The van der Waals surface area contributed by atoms with Crippen LogP contribution in [0.3, 0.4) is 0 Å². The number of anilines is 3. The fourth-order valence-electron chi connectivity index (χ4n) is 4.34. The number of thiophene rings is 1. The van der Waals surface area contributed by atoms with Gasteiger partial charge in [-0.05, 0) is 48.6 Å². The Bertz CT molecular complexity index is 1210. The van der Waals surface area contributed by atoms with Crippen LogP contribution in [0, 0.1) is 0 Å². The highest BCUT2D eigenvalue weighted by molar-refractivity contribution is 7.21. The standard InChI is InChI=1S/C24H27N5O2S/c1-24(2,3)14-6-4-8-16(12-14)29-17-9-11-26-22-18(17)19(28-23(29)31)20(32-22)21(30)27-15-7-5-10-25-13-15/h4,6,8-9,11-12,15,25H,5,7,10,13H2,1-3H3,(H,27,30)(H,28,31)/t15-/m1/s1. The molecule has 0 saturated carbocycles. The van der Waals surface area contributed by atoms with Gasteiger partial charge in [0.15, 0.2) is 0 Å². The summed E-state index contributed by atoms with van der Waals surface area (Å²) >= 11 is 1.32. The van der Waals surface area contributed by atoms with Crippen molar-refractivity contribution in [3.63, 3.8) is 0 Å². The summed E-state index contributed by atoms with van der Waals surface area (Å²) in [4.78, 5) is 33.8. The number of aromatic nitrogens is 1. The van der Waals surface area contributed by atoms with Crippen LogP contribution < -0.4 is 20.9 Å². The van der Waals surface area contributed by atoms with Crippen LogP contribution in [-0.4, -0.2) is 36.1 Å². The third-order valence-corrected chi connectivity index (χ3v) is 7.15. The van der Waals surface area contributed by atoms with Crippen LogP contribution in [0.5, 0.6) is 0 Å². The Morgan fingerprint density at radius 3 is 2.88 bits per heavy atom. The third-order valence-electron chi connectivity index (χ3n) is 6.05. The molecule has 4 heterocycles. The van der Waals surface area contributed by atoms with Crippen molar-refractivity contribution in [3.8, 4) is 0 Å². The van der Waals surface area contributed by atoms with Crippen molar-refractivity contribution in [2.24, 2.45) is 0 Å². The lowest BCUT2D eigenvalue weighted by Gasteiger charge is -2.30. The van der Waals surface area contributed by atoms with E-state index in [0.717, 1.165) is 53.1 Å². The van der Waals surface area contributed by atoms with Crippen LogP contribution in [0.15, 0.2) is 36.5 Å². The predicted molar refractivity (Wildman–Crippen MR) is 129 cm³/mol. The summed E-state index contributed by atoms with van der Waals surface area (Å²) in [6.45, 7) is 8.19. The van der Waals surface area contributed by atoms with Gasteiger partial charge in [-0.2, -0.15) is 0 Å². The first-order chi connectivity index (χ1) is 15.3. The van der Waals surface area contributed by atoms with Crippen LogP contribution >= 0.6 is 11.3 Å². The van der Waals surface area contributed by atoms with Gasteiger partial charge in [-0.3, -0.25) is 9.69 Å². The smallest absolute Gasteiger partial charge is 0.331 e. The highest BCUT2D eigenvalue weighted by Gasteiger charge is 2.33. The maximum absolute atomic E-state index is 13.3. The Kier molecular flexibility index (Phi) is 5.14. The molecular weight excluding hydrogens is 422 g/mol. The molecule has 0 unspecified atom stereocenters. The minimum absolute atomic E-state index is 0.0391. The molecule has 2 aromatic heterocycles. The van der Waals surface area contributed by atoms with E-state index in [1.807, 2.05) is 24.3 Å². The second-order valence-electron chi connectivity index (χ2n) is 9.40. The molecule has 3 N–H and O–H groups in total. The van der Waals surface area contributed by atoms with E-state index in [-0.39, 0.29) is 23.4 Å². The van der Waals surface area contributed by atoms with E-state index in [9.17, 15) is 9.59 Å². The molecule has 2 aliphatic heterocycles. The van der Waals surface area contributed by atoms with Gasteiger partial charge in [0.25, 0.3) is 5.91 Å². The molecule has 8 heteroatoms. The van der Waals surface area contributed by atoms with Gasteiger partial charge in [-0.1, -0.05) is 32.9 Å². The molecule has 7 nitrogen and oxygen atoms in total. The average Bonchev–Trinajstić information content (AvgIpc) is 3.14. The third kappa shape index (κ3) is 3.63. The number of carbonyl (C=O) groups is 2. The van der Waals surface area contributed by atoms with E-state index in [0.29, 0.717) is 10.6 Å². The van der Waals surface area contributed by atoms with Gasteiger partial charge in [-0.25, -0.2) is 9.78 Å². The SMILES string of the molecule is CC(C)(C)c1cccc(N2C(=O)Nc3c(C(=O)N[C@@H]4CCCNC4)sc4nccc2c34)c1. The largest absolute Gasteiger partial charge is 0.347 e. The van der Waals surface area contributed by atoms with Gasteiger partial charge in [0.1, 0.15) is 9.71 Å². The molecule has 0 spiro atoms. The Balaban J connectivity index is 1.56. The molecule has 5 rings (SSSR count). The molecule has 1 aromatic carbocycles. The summed E-state index contributed by atoms with van der Waals surface area (Å²) in [5.41, 5.74) is 3.20. The molecule has 32 heavy (non-hydrogen) atoms. The molecule has 0 aliphatic carbocycles. The number of nitrogens with zero attached hydrogens (tertiary/aromatic N) is 2. The molecule has 3 aromatic rings. The van der Waals surface area contributed by atoms with Crippen LogP contribution in [0.25, 0.3) is 10.2 Å². The van der Waals surface area contributed by atoms with Crippen molar-refractivity contribution in [1.29, 1.82) is 0 Å². The number of hydrogen-bond acceptors (Lipinski definition) is 5. The summed E-state index contributed by atoms with van der Waals surface area (Å²) in [6.07, 6.45) is 3.69. The Labute approximate surface area is 191 Å². The van der Waals surface area contributed by atoms with Crippen LogP contribution in [0.4, 0.5) is 21.9 Å². The number of carbonyl (C=O) groups excluding carboxylic acids is 2. The zero-order valence-corrected chi connectivity index (χ0v) is 19.3. The zero-order chi connectivity index (χ0) is 22.5. The lowest BCUT2D eigenvalue weighted by molar-refractivity contribution is 0.0935. The van der Waals surface area contributed by atoms with Gasteiger partial charge >= 0.3 is 6.03 Å². The van der Waals surface area contributed by atoms with Crippen LogP contribution in [0.1, 0.15) is 48.8 Å². The molecule has 1 saturated heterocycles. The second-order valence-corrected chi connectivity index (χ2v) is 10.4. The van der Waals surface area contributed by atoms with E-state index >= 15 is 0 Å². The summed E-state index contributed by atoms with van der Waals surface area (Å²) in [5.74, 6) is -0.161. The Hall–Kier alpha value is -2.97. The van der Waals surface area contributed by atoms with Crippen molar-refractivity contribution >= 4 is 50.6 Å². The minimum Gasteiger partial charge on any atom is -0.347 e. The van der Waals surface area contributed by atoms with E-state index in [1.165, 1.54) is 11.3 Å². The van der Waals surface area contributed by atoms with Gasteiger partial charge in [0.2, 0.25) is 0 Å². The van der Waals surface area contributed by atoms with Gasteiger partial charge in [-0.15, -0.1) is 11.3 Å². The number of amides is 3. The van der Waals surface area contributed by atoms with Gasteiger partial charge < -0.3 is 16.0 Å². The first kappa shape index (κ1) is 20.9. The Morgan fingerprint density at radius 1 is 1.28 bits per heavy atom. The minimum atomic E-state index is -0.275. The van der Waals surface area contributed by atoms with Crippen molar-refractivity contribution in [3.05, 3.63) is 47.0 Å². The first-order valence-electron chi connectivity index (χ1n) is 11.0. The maximum Gasteiger partial charge on any atom is 0.331 e. The number of piperidine rings is 1. The van der Waals surface area contributed by atoms with E-state index in [2.05, 4.69) is 47.8 Å². The molecule has 2 aliphatic rings. The summed E-state index contributed by atoms with van der Waals surface area (Å²) < 4.78 is 0. The van der Waals surface area contributed by atoms with Crippen molar-refractivity contribution < 1.29 is 9.59 Å². The van der Waals surface area contributed by atoms with E-state index < -0.39 is 0 Å². The monoisotopic (exact) mass is 449 g/mol. The molecule has 0 radical (unpaired) electrons. The highest BCUT2D eigenvalue weighted by Crippen LogP contribution is 2.46. The molecule has 3 amide bonds. The molecule has 1 fully saturated rings. The quantitative estimate of drug-likeness (QED) is 0.538. The number of hydrogen-bond donors (Lipinski definition) is 3. The highest BCUT2D eigenvalue weighted by atomic mass is 32.1. The molecule has 0 bridgehead atoms. The summed E-state index contributed by atoms with van der Waals surface area (Å²) in [7, 11) is 0. The van der Waals surface area contributed by atoms with Crippen LogP contribution in [-0.2, 0) is 5.41 Å². The van der Waals surface area contributed by atoms with Crippen molar-refractivity contribution in [2.45, 2.75) is 45.1 Å². The van der Waals surface area contributed by atoms with E-state index in [4.69, 9.17) is 0 Å². The number of nitrogens with one attached hydrogen (secondary N) is 3. The topological polar surface area (TPSA) is 86.4 Å². The van der Waals surface area contributed by atoms with Crippen molar-refractivity contribution in [2.75, 3.05) is 23.3 Å². The maximum atomic E-state index is 13.3. The number of pyridine rings is 1. The predicted octanol–water partition coefficient (Wildman–Crippen LogP) is 4.76. The first-order valence-corrected chi connectivity index (χ1v) is 11.8. The number of urea groups is 1. The lowest BCUT2D eigenvalue weighted by Crippen LogP contribution is -2.45. The summed E-state index contributed by atoms with van der Waals surface area (Å²) in [6, 6.07) is 9.69. The van der Waals surface area contributed by atoms with E-state index in [1.54, 1.807) is 11.1 Å². The molecule has 1 atom stereocenters. The number of benzene rings is 1. The fraction of sp³-hybridized carbons (Fsp3) is 0.375. The fourth-order valence-corrected chi connectivity index (χ4v) is 5.36. The molecular formula is C24H27N5O2S. The lowest BCUT2D eigenvalue weighted by atomic mass is 9.87. The normalized spacial score (nSPS) is 18.5. The summed E-state index contributed by atoms with van der Waals surface area (Å²) in [5, 5.41) is 10.2. The zero-order valence-electron chi connectivity index (χ0n) is 18.5. The van der Waals surface area contributed by atoms with Crippen molar-refractivity contribution in [1.82, 2.24) is 15.6 Å².